The van der Waals surface area contributed by atoms with Gasteiger partial charge in [-0.1, -0.05) is 19.1 Å². The molecule has 1 fully saturated rings. The number of ether oxygens (including phenoxy) is 2. The lowest BCUT2D eigenvalue weighted by molar-refractivity contribution is -0.192. The van der Waals surface area contributed by atoms with Crippen LogP contribution in [0.1, 0.15) is 24.2 Å². The van der Waals surface area contributed by atoms with Crippen LogP contribution in [0.25, 0.3) is 0 Å². The van der Waals surface area contributed by atoms with Crippen LogP contribution in [0.3, 0.4) is 0 Å². The third-order valence-corrected chi connectivity index (χ3v) is 4.28. The molecule has 0 amide bonds. The molecular weight excluding hydrogens is 301 g/mol. The van der Waals surface area contributed by atoms with Crippen LogP contribution in [0.4, 0.5) is 4.39 Å². The van der Waals surface area contributed by atoms with E-state index in [1.54, 1.807) is 12.1 Å². The maximum atomic E-state index is 13.1. The predicted octanol–water partition coefficient (Wildman–Crippen LogP) is 1.64. The molecule has 2 N–H and O–H groups in total. The number of H-pyrrole nitrogens is 1. The fourth-order valence-electron chi connectivity index (χ4n) is 2.93. The zero-order valence-corrected chi connectivity index (χ0v) is 12.9. The molecule has 0 bridgehead atoms. The Bertz CT molecular complexity index is 612. The highest BCUT2D eigenvalue weighted by Gasteiger charge is 2.42. The third-order valence-electron chi connectivity index (χ3n) is 4.28. The van der Waals surface area contributed by atoms with E-state index in [1.807, 2.05) is 6.92 Å². The fraction of sp³-hybridized carbons (Fsp3) is 0.500. The van der Waals surface area contributed by atoms with Gasteiger partial charge in [0.05, 0.1) is 19.3 Å². The predicted molar refractivity (Wildman–Crippen MR) is 80.1 cm³/mol. The van der Waals surface area contributed by atoms with Gasteiger partial charge in [-0.25, -0.2) is 9.37 Å². The first kappa shape index (κ1) is 16.0. The van der Waals surface area contributed by atoms with Crippen molar-refractivity contribution in [2.75, 3.05) is 20.0 Å². The molecule has 3 rings (SSSR count). The summed E-state index contributed by atoms with van der Waals surface area (Å²) < 4.78 is 23.8. The van der Waals surface area contributed by atoms with Crippen LogP contribution in [0, 0.1) is 11.2 Å². The van der Waals surface area contributed by atoms with Gasteiger partial charge in [-0.05, 0) is 24.1 Å². The van der Waals surface area contributed by atoms with E-state index in [2.05, 4.69) is 15.2 Å². The lowest BCUT2D eigenvalue weighted by Gasteiger charge is -2.40. The van der Waals surface area contributed by atoms with Gasteiger partial charge < -0.3 is 14.6 Å². The smallest absolute Gasteiger partial charge is 0.146 e. The second-order valence-corrected chi connectivity index (χ2v) is 6.22. The Balaban J connectivity index is 1.85. The molecule has 7 heteroatoms. The molecule has 0 radical (unpaired) electrons. The summed E-state index contributed by atoms with van der Waals surface area (Å²) in [7, 11) is 0. The van der Waals surface area contributed by atoms with Gasteiger partial charge in [-0.2, -0.15) is 5.10 Å². The van der Waals surface area contributed by atoms with Crippen molar-refractivity contribution < 1.29 is 19.0 Å². The quantitative estimate of drug-likeness (QED) is 0.875. The molecule has 1 saturated heterocycles. The van der Waals surface area contributed by atoms with E-state index in [9.17, 15) is 9.50 Å². The fourth-order valence-corrected chi connectivity index (χ4v) is 2.93. The van der Waals surface area contributed by atoms with Gasteiger partial charge in [0.2, 0.25) is 0 Å². The highest BCUT2D eigenvalue weighted by atomic mass is 19.1. The highest BCUT2D eigenvalue weighted by Crippen LogP contribution is 2.35. The topological polar surface area (TPSA) is 80.3 Å². The van der Waals surface area contributed by atoms with Crippen molar-refractivity contribution in [3.05, 3.63) is 47.8 Å². The first-order valence-corrected chi connectivity index (χ1v) is 7.52. The zero-order chi connectivity index (χ0) is 16.3. The number of aliphatic hydroxyl groups is 1. The van der Waals surface area contributed by atoms with Crippen molar-refractivity contribution in [2.24, 2.45) is 5.41 Å². The van der Waals surface area contributed by atoms with E-state index < -0.39 is 11.5 Å². The molecule has 1 aromatic carbocycles. The molecule has 1 aromatic heterocycles. The monoisotopic (exact) mass is 321 g/mol. The molecule has 2 atom stereocenters. The second kappa shape index (κ2) is 6.74. The highest BCUT2D eigenvalue weighted by molar-refractivity contribution is 5.20. The maximum absolute atomic E-state index is 13.1. The van der Waals surface area contributed by atoms with Crippen molar-refractivity contribution in [1.82, 2.24) is 15.2 Å². The van der Waals surface area contributed by atoms with Gasteiger partial charge in [0.15, 0.2) is 0 Å². The van der Waals surface area contributed by atoms with Crippen molar-refractivity contribution >= 4 is 0 Å². The van der Waals surface area contributed by atoms with Crippen LogP contribution >= 0.6 is 0 Å². The number of rotatable bonds is 5. The molecule has 1 aliphatic rings. The van der Waals surface area contributed by atoms with Crippen molar-refractivity contribution in [1.29, 1.82) is 0 Å². The van der Waals surface area contributed by atoms with E-state index in [1.165, 1.54) is 18.5 Å². The number of nitrogens with one attached hydrogen (secondary N) is 1. The number of hydrogen-bond acceptors (Lipinski definition) is 5. The van der Waals surface area contributed by atoms with Crippen LogP contribution in [0.5, 0.6) is 0 Å². The molecule has 2 aromatic rings. The minimum atomic E-state index is -0.749. The van der Waals surface area contributed by atoms with Crippen LogP contribution in [0.2, 0.25) is 0 Å². The van der Waals surface area contributed by atoms with E-state index >= 15 is 0 Å². The van der Waals surface area contributed by atoms with E-state index in [4.69, 9.17) is 9.47 Å². The SMILES string of the molecule is CC1(C(O)C(Cc2ccc(F)cc2)c2ncn[nH]2)COCOC1. The molecule has 0 spiro atoms. The molecule has 6 nitrogen and oxygen atoms in total. The number of benzene rings is 1. The van der Waals surface area contributed by atoms with E-state index in [0.717, 1.165) is 5.56 Å². The number of aromatic amines is 1. The summed E-state index contributed by atoms with van der Waals surface area (Å²) in [5.74, 6) is -0.0153. The molecule has 0 aliphatic carbocycles. The summed E-state index contributed by atoms with van der Waals surface area (Å²) in [5.41, 5.74) is 0.364. The van der Waals surface area contributed by atoms with Crippen molar-refractivity contribution in [3.63, 3.8) is 0 Å². The summed E-state index contributed by atoms with van der Waals surface area (Å²) in [6, 6.07) is 6.24. The first-order valence-electron chi connectivity index (χ1n) is 7.52. The number of hydrogen-bond donors (Lipinski definition) is 2. The maximum Gasteiger partial charge on any atom is 0.146 e. The number of nitrogens with zero attached hydrogens (tertiary/aromatic N) is 2. The standard InChI is InChI=1S/C16H20FN3O3/c1-16(7-22-10-23-8-16)14(21)13(15-18-9-19-20-15)6-11-2-4-12(17)5-3-11/h2-5,9,13-14,21H,6-8,10H2,1H3,(H,18,19,20). The van der Waals surface area contributed by atoms with Crippen LogP contribution in [0.15, 0.2) is 30.6 Å². The molecule has 2 heterocycles. The number of halogens is 1. The van der Waals surface area contributed by atoms with Crippen LogP contribution in [-0.2, 0) is 15.9 Å². The molecule has 23 heavy (non-hydrogen) atoms. The van der Waals surface area contributed by atoms with Gasteiger partial charge in [-0.3, -0.25) is 5.10 Å². The molecule has 0 saturated carbocycles. The van der Waals surface area contributed by atoms with Crippen molar-refractivity contribution in [3.8, 4) is 0 Å². The first-order chi connectivity index (χ1) is 11.1. The molecule has 124 valence electrons. The Kier molecular flexibility index (Phi) is 4.70. The van der Waals surface area contributed by atoms with Gasteiger partial charge >= 0.3 is 0 Å². The Labute approximate surface area is 133 Å². The second-order valence-electron chi connectivity index (χ2n) is 6.22. The summed E-state index contributed by atoms with van der Waals surface area (Å²) >= 11 is 0. The Morgan fingerprint density at radius 2 is 2.00 bits per heavy atom. The molecule has 2 unspecified atom stereocenters. The summed E-state index contributed by atoms with van der Waals surface area (Å²) in [6.07, 6.45) is 1.17. The van der Waals surface area contributed by atoms with Crippen LogP contribution < -0.4 is 0 Å². The molecule has 1 aliphatic heterocycles. The largest absolute Gasteiger partial charge is 0.392 e. The summed E-state index contributed by atoms with van der Waals surface area (Å²) in [5, 5.41) is 17.7. The Morgan fingerprint density at radius 3 is 2.61 bits per heavy atom. The minimum absolute atomic E-state index is 0.243. The minimum Gasteiger partial charge on any atom is -0.392 e. The average Bonchev–Trinajstić information content (AvgIpc) is 3.08. The summed E-state index contributed by atoms with van der Waals surface area (Å²) in [6.45, 7) is 2.97. The van der Waals surface area contributed by atoms with Crippen LogP contribution in [-0.4, -0.2) is 46.4 Å². The van der Waals surface area contributed by atoms with Gasteiger partial charge in [0, 0.05) is 11.3 Å². The summed E-state index contributed by atoms with van der Waals surface area (Å²) in [4.78, 5) is 4.19. The Hall–Kier alpha value is -1.83. The number of aliphatic hydroxyl groups excluding tert-OH is 1. The van der Waals surface area contributed by atoms with Gasteiger partial charge in [0.1, 0.15) is 24.8 Å². The van der Waals surface area contributed by atoms with Gasteiger partial charge in [0.25, 0.3) is 0 Å². The lowest BCUT2D eigenvalue weighted by atomic mass is 9.76. The zero-order valence-electron chi connectivity index (χ0n) is 12.9. The van der Waals surface area contributed by atoms with E-state index in [0.29, 0.717) is 25.5 Å². The lowest BCUT2D eigenvalue weighted by Crippen LogP contribution is -2.47. The molecular formula is C16H20FN3O3. The third kappa shape index (κ3) is 3.57. The average molecular weight is 321 g/mol. The van der Waals surface area contributed by atoms with Gasteiger partial charge in [-0.15, -0.1) is 0 Å². The van der Waals surface area contributed by atoms with Crippen molar-refractivity contribution in [2.45, 2.75) is 25.4 Å². The Morgan fingerprint density at radius 1 is 1.30 bits per heavy atom. The normalized spacial score (nSPS) is 20.1. The number of aromatic nitrogens is 3. The van der Waals surface area contributed by atoms with E-state index in [-0.39, 0.29) is 18.5 Å².